The molecule has 0 fully saturated rings. The molecule has 0 amide bonds. The number of hydrogen-bond acceptors (Lipinski definition) is 2. The maximum atomic E-state index is 4.97. The van der Waals surface area contributed by atoms with E-state index < -0.39 is 0 Å². The molecular formula is C7H13NOS. The van der Waals surface area contributed by atoms with E-state index in [1.54, 1.807) is 0 Å². The Kier molecular flexibility index (Phi) is 4.94. The van der Waals surface area contributed by atoms with Crippen LogP contribution in [0.1, 0.15) is 13.8 Å². The maximum absolute atomic E-state index is 4.97. The van der Waals surface area contributed by atoms with Crippen LogP contribution in [0.25, 0.3) is 0 Å². The van der Waals surface area contributed by atoms with Crippen LogP contribution in [0.5, 0.6) is 0 Å². The molecule has 0 heterocycles. The molecule has 0 spiro atoms. The minimum atomic E-state index is 0.450. The zero-order chi connectivity index (χ0) is 7.98. The van der Waals surface area contributed by atoms with E-state index in [2.05, 4.69) is 11.9 Å². The highest BCUT2D eigenvalue weighted by molar-refractivity contribution is 7.80. The molecule has 0 saturated carbocycles. The predicted molar refractivity (Wildman–Crippen MR) is 47.0 cm³/mol. The maximum Gasteiger partial charge on any atom is 0.256 e. The minimum absolute atomic E-state index is 0.450. The Balaban J connectivity index is 3.30. The molecular weight excluding hydrogens is 146 g/mol. The van der Waals surface area contributed by atoms with Gasteiger partial charge in [-0.05, 0) is 26.1 Å². The van der Waals surface area contributed by atoms with Gasteiger partial charge < -0.3 is 10.1 Å². The van der Waals surface area contributed by atoms with Gasteiger partial charge in [0.25, 0.3) is 5.17 Å². The smallest absolute Gasteiger partial charge is 0.256 e. The molecule has 0 aliphatic rings. The van der Waals surface area contributed by atoms with Gasteiger partial charge in [0.15, 0.2) is 0 Å². The largest absolute Gasteiger partial charge is 0.471 e. The highest BCUT2D eigenvalue weighted by Gasteiger charge is 1.91. The Morgan fingerprint density at radius 3 is 2.70 bits per heavy atom. The summed E-state index contributed by atoms with van der Waals surface area (Å²) >= 11 is 4.80. The second-order valence-corrected chi connectivity index (χ2v) is 2.40. The van der Waals surface area contributed by atoms with Crippen molar-refractivity contribution < 1.29 is 4.74 Å². The topological polar surface area (TPSA) is 21.3 Å². The van der Waals surface area contributed by atoms with Gasteiger partial charge in [0.05, 0.1) is 6.61 Å². The highest BCUT2D eigenvalue weighted by atomic mass is 32.1. The third kappa shape index (κ3) is 5.56. The molecule has 0 saturated heterocycles. The molecule has 58 valence electrons. The fourth-order valence-corrected chi connectivity index (χ4v) is 0.595. The van der Waals surface area contributed by atoms with Crippen LogP contribution in [0.4, 0.5) is 0 Å². The molecule has 0 aliphatic carbocycles. The van der Waals surface area contributed by atoms with Crippen LogP contribution in [-0.4, -0.2) is 18.3 Å². The van der Waals surface area contributed by atoms with E-state index in [9.17, 15) is 0 Å². The first-order chi connectivity index (χ1) is 4.66. The Hall–Kier alpha value is -0.570. The molecule has 0 bridgehead atoms. The fourth-order valence-electron chi connectivity index (χ4n) is 0.405. The second-order valence-electron chi connectivity index (χ2n) is 2.03. The molecule has 0 aromatic heterocycles. The zero-order valence-electron chi connectivity index (χ0n) is 6.44. The van der Waals surface area contributed by atoms with Crippen LogP contribution < -0.4 is 5.32 Å². The summed E-state index contributed by atoms with van der Waals surface area (Å²) in [5, 5.41) is 3.34. The summed E-state index contributed by atoms with van der Waals surface area (Å²) in [6.45, 7) is 8.85. The summed E-state index contributed by atoms with van der Waals surface area (Å²) in [4.78, 5) is 0. The van der Waals surface area contributed by atoms with Gasteiger partial charge >= 0.3 is 0 Å². The molecule has 0 aromatic carbocycles. The number of thiocarbonyl (C=S) groups is 1. The Bertz CT molecular complexity index is 134. The molecule has 3 heteroatoms. The fraction of sp³-hybridized carbons (Fsp3) is 0.571. The number of hydrogen-bond donors (Lipinski definition) is 1. The Morgan fingerprint density at radius 2 is 2.30 bits per heavy atom. The van der Waals surface area contributed by atoms with Gasteiger partial charge in [0, 0.05) is 6.54 Å². The Labute approximate surface area is 67.3 Å². The van der Waals surface area contributed by atoms with Gasteiger partial charge in [0.1, 0.15) is 0 Å². The van der Waals surface area contributed by atoms with E-state index in [0.717, 1.165) is 5.57 Å². The zero-order valence-corrected chi connectivity index (χ0v) is 7.25. The number of rotatable bonds is 3. The molecule has 0 rings (SSSR count). The van der Waals surface area contributed by atoms with E-state index in [4.69, 9.17) is 17.0 Å². The van der Waals surface area contributed by atoms with Crippen LogP contribution in [0.15, 0.2) is 12.2 Å². The summed E-state index contributed by atoms with van der Waals surface area (Å²) in [6, 6.07) is 0. The molecule has 0 unspecified atom stereocenters. The average molecular weight is 159 g/mol. The first kappa shape index (κ1) is 9.43. The highest BCUT2D eigenvalue weighted by Crippen LogP contribution is 1.83. The van der Waals surface area contributed by atoms with Crippen molar-refractivity contribution in [1.29, 1.82) is 0 Å². The minimum Gasteiger partial charge on any atom is -0.471 e. The Morgan fingerprint density at radius 1 is 1.70 bits per heavy atom. The van der Waals surface area contributed by atoms with Crippen molar-refractivity contribution in [1.82, 2.24) is 5.32 Å². The average Bonchev–Trinajstić information content (AvgIpc) is 1.85. The van der Waals surface area contributed by atoms with Crippen molar-refractivity contribution in [3.8, 4) is 0 Å². The first-order valence-corrected chi connectivity index (χ1v) is 3.62. The summed E-state index contributed by atoms with van der Waals surface area (Å²) in [5.41, 5.74) is 1.04. The first-order valence-electron chi connectivity index (χ1n) is 3.21. The quantitative estimate of drug-likeness (QED) is 0.498. The van der Waals surface area contributed by atoms with E-state index in [1.165, 1.54) is 0 Å². The van der Waals surface area contributed by atoms with Crippen LogP contribution >= 0.6 is 12.2 Å². The molecule has 0 atom stereocenters. The van der Waals surface area contributed by atoms with Crippen LogP contribution in [0.3, 0.4) is 0 Å². The molecule has 0 aromatic rings. The van der Waals surface area contributed by atoms with Gasteiger partial charge in [-0.2, -0.15) is 0 Å². The summed E-state index contributed by atoms with van der Waals surface area (Å²) in [6.07, 6.45) is 0. The second kappa shape index (κ2) is 5.23. The SMILES string of the molecule is C=C(C)CNC(=S)OCC. The van der Waals surface area contributed by atoms with Crippen molar-refractivity contribution in [3.63, 3.8) is 0 Å². The van der Waals surface area contributed by atoms with Crippen molar-refractivity contribution >= 4 is 17.4 Å². The van der Waals surface area contributed by atoms with Gasteiger partial charge in [-0.25, -0.2) is 0 Å². The lowest BCUT2D eigenvalue weighted by Crippen LogP contribution is -2.25. The van der Waals surface area contributed by atoms with E-state index >= 15 is 0 Å². The van der Waals surface area contributed by atoms with Crippen molar-refractivity contribution in [2.24, 2.45) is 0 Å². The summed E-state index contributed by atoms with van der Waals surface area (Å²) in [7, 11) is 0. The van der Waals surface area contributed by atoms with Crippen molar-refractivity contribution in [2.45, 2.75) is 13.8 Å². The van der Waals surface area contributed by atoms with Crippen LogP contribution in [-0.2, 0) is 4.74 Å². The molecule has 0 aliphatic heterocycles. The lowest BCUT2D eigenvalue weighted by Gasteiger charge is -2.06. The van der Waals surface area contributed by atoms with Gasteiger partial charge in [-0.15, -0.1) is 0 Å². The number of nitrogens with one attached hydrogen (secondary N) is 1. The standard InChI is InChI=1S/C7H13NOS/c1-4-9-7(10)8-5-6(2)3/h2,4-5H2,1,3H3,(H,8,10). The third-order valence-corrected chi connectivity index (χ3v) is 1.07. The van der Waals surface area contributed by atoms with Crippen molar-refractivity contribution in [3.05, 3.63) is 12.2 Å². The summed E-state index contributed by atoms with van der Waals surface area (Å²) in [5.74, 6) is 0. The molecule has 10 heavy (non-hydrogen) atoms. The van der Waals surface area contributed by atoms with Crippen LogP contribution in [0.2, 0.25) is 0 Å². The van der Waals surface area contributed by atoms with Gasteiger partial charge in [-0.3, -0.25) is 0 Å². The van der Waals surface area contributed by atoms with E-state index in [0.29, 0.717) is 18.3 Å². The molecule has 1 N–H and O–H groups in total. The predicted octanol–water partition coefficient (Wildman–Crippen LogP) is 1.47. The normalized spacial score (nSPS) is 8.60. The van der Waals surface area contributed by atoms with Crippen LogP contribution in [0, 0.1) is 0 Å². The van der Waals surface area contributed by atoms with E-state index in [1.807, 2.05) is 13.8 Å². The molecule has 2 nitrogen and oxygen atoms in total. The summed E-state index contributed by atoms with van der Waals surface area (Å²) < 4.78 is 4.97. The van der Waals surface area contributed by atoms with Gasteiger partial charge in [-0.1, -0.05) is 12.2 Å². The third-order valence-electron chi connectivity index (χ3n) is 0.810. The monoisotopic (exact) mass is 159 g/mol. The molecule has 0 radical (unpaired) electrons. The lowest BCUT2D eigenvalue weighted by molar-refractivity contribution is 0.321. The van der Waals surface area contributed by atoms with Crippen molar-refractivity contribution in [2.75, 3.05) is 13.2 Å². The number of ether oxygens (including phenoxy) is 1. The lowest BCUT2D eigenvalue weighted by atomic mass is 10.4. The van der Waals surface area contributed by atoms with Gasteiger partial charge in [0.2, 0.25) is 0 Å². The van der Waals surface area contributed by atoms with E-state index in [-0.39, 0.29) is 0 Å².